The van der Waals surface area contributed by atoms with Crippen molar-refractivity contribution in [3.8, 4) is 0 Å². The number of carbonyl (C=O) groups excluding carboxylic acids is 1. The van der Waals surface area contributed by atoms with Gasteiger partial charge in [-0.15, -0.1) is 0 Å². The number of rotatable bonds is 3. The van der Waals surface area contributed by atoms with Gasteiger partial charge in [-0.25, -0.2) is 0 Å². The maximum atomic E-state index is 12.0. The zero-order valence-electron chi connectivity index (χ0n) is 10.1. The molecule has 5 nitrogen and oxygen atoms in total. The molecule has 96 valence electrons. The lowest BCUT2D eigenvalue weighted by molar-refractivity contribution is -0.144. The average Bonchev–Trinajstić information content (AvgIpc) is 2.37. The minimum Gasteiger partial charge on any atom is -0.480 e. The molecule has 2 rings (SSSR count). The summed E-state index contributed by atoms with van der Waals surface area (Å²) >= 11 is 0. The third-order valence-electron chi connectivity index (χ3n) is 2.96. The van der Waals surface area contributed by atoms with Crippen molar-refractivity contribution in [3.05, 3.63) is 35.4 Å². The molecule has 0 bridgehead atoms. The lowest BCUT2D eigenvalue weighted by atomic mass is 9.97. The Morgan fingerprint density at radius 1 is 1.44 bits per heavy atom. The van der Waals surface area contributed by atoms with Crippen molar-refractivity contribution in [2.45, 2.75) is 25.5 Å². The highest BCUT2D eigenvalue weighted by molar-refractivity contribution is 5.87. The molecule has 0 aliphatic carbocycles. The summed E-state index contributed by atoms with van der Waals surface area (Å²) in [6.07, 6.45) is 0.0609. The fourth-order valence-electron chi connectivity index (χ4n) is 1.96. The quantitative estimate of drug-likeness (QED) is 0.834. The minimum absolute atomic E-state index is 0.406. The van der Waals surface area contributed by atoms with Gasteiger partial charge in [0.25, 0.3) is 5.91 Å². The Morgan fingerprint density at radius 2 is 2.17 bits per heavy atom. The number of amides is 1. The number of hydrogen-bond acceptors (Lipinski definition) is 3. The Balaban J connectivity index is 2.15. The second-order valence-corrected chi connectivity index (χ2v) is 4.27. The Bertz CT molecular complexity index is 472. The highest BCUT2D eigenvalue weighted by atomic mass is 16.5. The fourth-order valence-corrected chi connectivity index (χ4v) is 1.96. The van der Waals surface area contributed by atoms with Gasteiger partial charge in [-0.2, -0.15) is 0 Å². The van der Waals surface area contributed by atoms with Crippen LogP contribution in [0.3, 0.4) is 0 Å². The van der Waals surface area contributed by atoms with Crippen LogP contribution in [-0.4, -0.2) is 29.6 Å². The zero-order chi connectivity index (χ0) is 13.1. The van der Waals surface area contributed by atoms with Crippen molar-refractivity contribution in [3.63, 3.8) is 0 Å². The molecule has 0 radical (unpaired) electrons. The highest BCUT2D eigenvalue weighted by Crippen LogP contribution is 2.26. The van der Waals surface area contributed by atoms with Crippen LogP contribution in [-0.2, 0) is 20.7 Å². The van der Waals surface area contributed by atoms with Crippen molar-refractivity contribution < 1.29 is 19.4 Å². The van der Waals surface area contributed by atoms with Gasteiger partial charge in [-0.3, -0.25) is 9.59 Å². The molecular weight excluding hydrogens is 234 g/mol. The molecule has 0 unspecified atom stereocenters. The molecule has 1 aromatic rings. The van der Waals surface area contributed by atoms with Gasteiger partial charge in [0.15, 0.2) is 6.10 Å². The van der Waals surface area contributed by atoms with Crippen LogP contribution in [0.5, 0.6) is 0 Å². The number of carboxylic acid groups (broad SMARTS) is 1. The zero-order valence-corrected chi connectivity index (χ0v) is 10.1. The van der Waals surface area contributed by atoms with Crippen LogP contribution in [0.1, 0.15) is 24.2 Å². The van der Waals surface area contributed by atoms with Crippen LogP contribution >= 0.6 is 0 Å². The van der Waals surface area contributed by atoms with E-state index in [-0.39, 0.29) is 0 Å². The molecule has 0 saturated heterocycles. The Kier molecular flexibility index (Phi) is 3.62. The first-order chi connectivity index (χ1) is 8.59. The molecule has 1 heterocycles. The minimum atomic E-state index is -1.06. The van der Waals surface area contributed by atoms with E-state index in [2.05, 4.69) is 5.32 Å². The molecule has 18 heavy (non-hydrogen) atoms. The smallest absolute Gasteiger partial charge is 0.325 e. The van der Waals surface area contributed by atoms with Gasteiger partial charge >= 0.3 is 5.97 Å². The number of fused-ring (bicyclic) bond motifs is 1. The molecule has 1 aliphatic rings. The van der Waals surface area contributed by atoms with Crippen LogP contribution in [0, 0.1) is 0 Å². The molecule has 0 aromatic heterocycles. The van der Waals surface area contributed by atoms with Gasteiger partial charge in [-0.05, 0) is 24.5 Å². The molecular formula is C13H15NO4. The average molecular weight is 249 g/mol. The first-order valence-electron chi connectivity index (χ1n) is 5.82. The van der Waals surface area contributed by atoms with Gasteiger partial charge in [0.1, 0.15) is 6.04 Å². The van der Waals surface area contributed by atoms with Crippen LogP contribution in [0.25, 0.3) is 0 Å². The summed E-state index contributed by atoms with van der Waals surface area (Å²) in [5.74, 6) is -1.47. The molecule has 5 heteroatoms. The summed E-state index contributed by atoms with van der Waals surface area (Å²) in [7, 11) is 0. The van der Waals surface area contributed by atoms with Crippen LogP contribution in [0.4, 0.5) is 0 Å². The molecule has 1 amide bonds. The summed E-state index contributed by atoms with van der Waals surface area (Å²) in [6, 6.07) is 6.63. The number of carboxylic acids is 1. The molecule has 0 saturated carbocycles. The van der Waals surface area contributed by atoms with Gasteiger partial charge in [0.05, 0.1) is 6.61 Å². The fraction of sp³-hybridized carbons (Fsp3) is 0.385. The molecule has 2 atom stereocenters. The SMILES string of the molecule is C[C@@H](NC(=O)[C@@H]1OCCc2ccccc21)C(=O)O. The van der Waals surface area contributed by atoms with Gasteiger partial charge in [0.2, 0.25) is 0 Å². The number of hydrogen-bond donors (Lipinski definition) is 2. The molecule has 1 aliphatic heterocycles. The number of benzene rings is 1. The standard InChI is InChI=1S/C13H15NO4/c1-8(13(16)17)14-12(15)11-10-5-3-2-4-9(10)6-7-18-11/h2-5,8,11H,6-7H2,1H3,(H,14,15)(H,16,17)/t8-,11-/m1/s1. The van der Waals surface area contributed by atoms with Crippen LogP contribution in [0.15, 0.2) is 24.3 Å². The summed E-state index contributed by atoms with van der Waals surface area (Å²) in [5, 5.41) is 11.2. The number of nitrogens with one attached hydrogen (secondary N) is 1. The van der Waals surface area contributed by atoms with E-state index in [1.165, 1.54) is 6.92 Å². The maximum Gasteiger partial charge on any atom is 0.325 e. The molecule has 0 fully saturated rings. The summed E-state index contributed by atoms with van der Waals surface area (Å²) in [4.78, 5) is 22.7. The van der Waals surface area contributed by atoms with E-state index in [0.29, 0.717) is 6.61 Å². The summed E-state index contributed by atoms with van der Waals surface area (Å²) in [5.41, 5.74) is 1.89. The van der Waals surface area contributed by atoms with E-state index in [1.54, 1.807) is 0 Å². The number of carbonyl (C=O) groups is 2. The summed E-state index contributed by atoms with van der Waals surface area (Å²) in [6.45, 7) is 1.89. The largest absolute Gasteiger partial charge is 0.480 e. The first-order valence-corrected chi connectivity index (χ1v) is 5.82. The van der Waals surface area contributed by atoms with Gasteiger partial charge in [0, 0.05) is 0 Å². The topological polar surface area (TPSA) is 75.6 Å². The van der Waals surface area contributed by atoms with Crippen molar-refractivity contribution in [1.29, 1.82) is 0 Å². The van der Waals surface area contributed by atoms with Crippen LogP contribution in [0.2, 0.25) is 0 Å². The van der Waals surface area contributed by atoms with E-state index < -0.39 is 24.0 Å². The summed E-state index contributed by atoms with van der Waals surface area (Å²) < 4.78 is 5.44. The van der Waals surface area contributed by atoms with Gasteiger partial charge in [-0.1, -0.05) is 24.3 Å². The molecule has 2 N–H and O–H groups in total. The predicted octanol–water partition coefficient (Wildman–Crippen LogP) is 0.890. The monoisotopic (exact) mass is 249 g/mol. The van der Waals surface area contributed by atoms with Crippen molar-refractivity contribution >= 4 is 11.9 Å². The van der Waals surface area contributed by atoms with E-state index >= 15 is 0 Å². The van der Waals surface area contributed by atoms with Crippen molar-refractivity contribution in [1.82, 2.24) is 5.32 Å². The predicted molar refractivity (Wildman–Crippen MR) is 64.1 cm³/mol. The Labute approximate surface area is 105 Å². The molecule has 1 aromatic carbocycles. The highest BCUT2D eigenvalue weighted by Gasteiger charge is 2.28. The Morgan fingerprint density at radius 3 is 2.89 bits per heavy atom. The third-order valence-corrected chi connectivity index (χ3v) is 2.96. The first kappa shape index (κ1) is 12.6. The van der Waals surface area contributed by atoms with Crippen molar-refractivity contribution in [2.24, 2.45) is 0 Å². The van der Waals surface area contributed by atoms with E-state index in [0.717, 1.165) is 17.5 Å². The van der Waals surface area contributed by atoms with Gasteiger partial charge < -0.3 is 15.2 Å². The number of ether oxygens (including phenoxy) is 1. The lowest BCUT2D eigenvalue weighted by Crippen LogP contribution is -2.42. The third kappa shape index (κ3) is 2.51. The van der Waals surface area contributed by atoms with Crippen LogP contribution < -0.4 is 5.32 Å². The number of aliphatic carboxylic acids is 1. The lowest BCUT2D eigenvalue weighted by Gasteiger charge is -2.25. The van der Waals surface area contributed by atoms with Crippen molar-refractivity contribution in [2.75, 3.05) is 6.61 Å². The Hall–Kier alpha value is -1.88. The second kappa shape index (κ2) is 5.18. The van der Waals surface area contributed by atoms with E-state index in [9.17, 15) is 9.59 Å². The molecule has 0 spiro atoms. The van der Waals surface area contributed by atoms with E-state index in [4.69, 9.17) is 9.84 Å². The normalized spacial score (nSPS) is 19.7. The van der Waals surface area contributed by atoms with E-state index in [1.807, 2.05) is 24.3 Å². The second-order valence-electron chi connectivity index (χ2n) is 4.27. The maximum absolute atomic E-state index is 12.0.